The van der Waals surface area contributed by atoms with Gasteiger partial charge >= 0.3 is 0 Å². The minimum Gasteiger partial charge on any atom is -0.358 e. The first kappa shape index (κ1) is 19.6. The maximum atomic E-state index is 13.4. The van der Waals surface area contributed by atoms with Gasteiger partial charge in [-0.1, -0.05) is 24.3 Å². The summed E-state index contributed by atoms with van der Waals surface area (Å²) >= 11 is 0. The SMILES string of the molecule is CNC(=O)[C@H]1Cc2ccccc2CN1S(=O)(=O)c1ccc(N2CCCC2=O)cc1. The Kier molecular flexibility index (Phi) is 5.14. The third-order valence-corrected chi connectivity index (χ3v) is 7.45. The van der Waals surface area contributed by atoms with Gasteiger partial charge in [0.2, 0.25) is 21.8 Å². The number of likely N-dealkylation sites (N-methyl/N-ethyl adjacent to an activating group) is 1. The highest BCUT2D eigenvalue weighted by molar-refractivity contribution is 7.89. The number of sulfonamides is 1. The molecule has 2 amide bonds. The fraction of sp³-hybridized carbons (Fsp3) is 0.333. The largest absolute Gasteiger partial charge is 0.358 e. The van der Waals surface area contributed by atoms with Gasteiger partial charge in [-0.25, -0.2) is 8.42 Å². The number of benzene rings is 2. The van der Waals surface area contributed by atoms with Crippen molar-refractivity contribution >= 4 is 27.5 Å². The van der Waals surface area contributed by atoms with Gasteiger partial charge in [0.1, 0.15) is 6.04 Å². The zero-order valence-corrected chi connectivity index (χ0v) is 17.0. The molecule has 2 aromatic carbocycles. The van der Waals surface area contributed by atoms with Crippen molar-refractivity contribution in [3.63, 3.8) is 0 Å². The minimum absolute atomic E-state index is 0.0490. The lowest BCUT2D eigenvalue weighted by Gasteiger charge is -2.34. The maximum absolute atomic E-state index is 13.4. The van der Waals surface area contributed by atoms with Gasteiger partial charge in [0.25, 0.3) is 0 Å². The zero-order chi connectivity index (χ0) is 20.6. The predicted octanol–water partition coefficient (Wildman–Crippen LogP) is 1.67. The molecular formula is C21H23N3O4S. The van der Waals surface area contributed by atoms with Crippen molar-refractivity contribution in [1.82, 2.24) is 9.62 Å². The van der Waals surface area contributed by atoms with E-state index in [4.69, 9.17) is 0 Å². The highest BCUT2D eigenvalue weighted by Crippen LogP contribution is 2.30. The molecule has 0 aromatic heterocycles. The van der Waals surface area contributed by atoms with Crippen molar-refractivity contribution in [2.45, 2.75) is 36.7 Å². The molecule has 0 unspecified atom stereocenters. The van der Waals surface area contributed by atoms with Crippen molar-refractivity contribution < 1.29 is 18.0 Å². The van der Waals surface area contributed by atoms with Crippen LogP contribution in [0.25, 0.3) is 0 Å². The average Bonchev–Trinajstić information content (AvgIpc) is 3.18. The van der Waals surface area contributed by atoms with Gasteiger partial charge in [0.05, 0.1) is 4.90 Å². The van der Waals surface area contributed by atoms with Crippen molar-refractivity contribution in [2.75, 3.05) is 18.5 Å². The van der Waals surface area contributed by atoms with Gasteiger partial charge in [-0.05, 0) is 48.2 Å². The first-order valence-electron chi connectivity index (χ1n) is 9.62. The van der Waals surface area contributed by atoms with Gasteiger partial charge in [-0.2, -0.15) is 4.31 Å². The second-order valence-electron chi connectivity index (χ2n) is 7.30. The molecule has 0 bridgehead atoms. The van der Waals surface area contributed by atoms with Crippen LogP contribution in [-0.4, -0.2) is 44.2 Å². The monoisotopic (exact) mass is 413 g/mol. The summed E-state index contributed by atoms with van der Waals surface area (Å²) in [4.78, 5) is 26.2. The van der Waals surface area contributed by atoms with Crippen molar-refractivity contribution in [3.8, 4) is 0 Å². The lowest BCUT2D eigenvalue weighted by atomic mass is 9.95. The molecule has 152 valence electrons. The lowest BCUT2D eigenvalue weighted by Crippen LogP contribution is -2.51. The van der Waals surface area contributed by atoms with E-state index in [1.165, 1.54) is 23.5 Å². The third-order valence-electron chi connectivity index (χ3n) is 5.58. The molecule has 1 N–H and O–H groups in total. The van der Waals surface area contributed by atoms with Gasteiger partial charge in [-0.3, -0.25) is 9.59 Å². The second-order valence-corrected chi connectivity index (χ2v) is 9.19. The number of nitrogens with zero attached hydrogens (tertiary/aromatic N) is 2. The molecular weight excluding hydrogens is 390 g/mol. The van der Waals surface area contributed by atoms with E-state index in [9.17, 15) is 18.0 Å². The van der Waals surface area contributed by atoms with E-state index >= 15 is 0 Å². The van der Waals surface area contributed by atoms with Gasteiger partial charge in [0.15, 0.2) is 0 Å². The van der Waals surface area contributed by atoms with Gasteiger partial charge in [0, 0.05) is 32.2 Å². The molecule has 2 heterocycles. The van der Waals surface area contributed by atoms with Crippen LogP contribution in [0.1, 0.15) is 24.0 Å². The summed E-state index contributed by atoms with van der Waals surface area (Å²) in [6.07, 6.45) is 1.65. The average molecular weight is 413 g/mol. The van der Waals surface area contributed by atoms with Crippen LogP contribution in [0.2, 0.25) is 0 Å². The van der Waals surface area contributed by atoms with E-state index in [1.54, 1.807) is 17.0 Å². The summed E-state index contributed by atoms with van der Waals surface area (Å²) in [7, 11) is -2.38. The van der Waals surface area contributed by atoms with E-state index in [2.05, 4.69) is 5.32 Å². The molecule has 1 atom stereocenters. The zero-order valence-electron chi connectivity index (χ0n) is 16.2. The molecule has 2 aliphatic rings. The van der Waals surface area contributed by atoms with Crippen LogP contribution in [-0.2, 0) is 32.6 Å². The fourth-order valence-corrected chi connectivity index (χ4v) is 5.56. The molecule has 1 fully saturated rings. The Morgan fingerprint density at radius 3 is 2.38 bits per heavy atom. The van der Waals surface area contributed by atoms with E-state index < -0.39 is 16.1 Å². The van der Waals surface area contributed by atoms with E-state index in [0.29, 0.717) is 25.1 Å². The van der Waals surface area contributed by atoms with Crippen LogP contribution in [0.5, 0.6) is 0 Å². The summed E-state index contributed by atoms with van der Waals surface area (Å²) in [5.74, 6) is -0.282. The van der Waals surface area contributed by atoms with Crippen LogP contribution >= 0.6 is 0 Å². The Labute approximate surface area is 170 Å². The molecule has 29 heavy (non-hydrogen) atoms. The van der Waals surface area contributed by atoms with E-state index in [1.807, 2.05) is 24.3 Å². The van der Waals surface area contributed by atoms with E-state index in [0.717, 1.165) is 17.5 Å². The topological polar surface area (TPSA) is 86.8 Å². The van der Waals surface area contributed by atoms with Crippen molar-refractivity contribution in [3.05, 3.63) is 59.7 Å². The predicted molar refractivity (Wildman–Crippen MR) is 109 cm³/mol. The molecule has 2 aromatic rings. The van der Waals surface area contributed by atoms with Crippen LogP contribution in [0, 0.1) is 0 Å². The first-order valence-corrected chi connectivity index (χ1v) is 11.1. The number of amides is 2. The number of hydrogen-bond acceptors (Lipinski definition) is 4. The number of nitrogens with one attached hydrogen (secondary N) is 1. The Hall–Kier alpha value is -2.71. The minimum atomic E-state index is -3.89. The summed E-state index contributed by atoms with van der Waals surface area (Å²) in [6, 6.07) is 13.1. The maximum Gasteiger partial charge on any atom is 0.244 e. The number of carbonyl (C=O) groups excluding carboxylic acids is 2. The Morgan fingerprint density at radius 1 is 1.07 bits per heavy atom. The Balaban J connectivity index is 1.67. The summed E-state index contributed by atoms with van der Waals surface area (Å²) in [5, 5.41) is 2.58. The van der Waals surface area contributed by atoms with Crippen LogP contribution in [0.15, 0.2) is 53.4 Å². The highest BCUT2D eigenvalue weighted by Gasteiger charge is 2.39. The molecule has 2 aliphatic heterocycles. The van der Waals surface area contributed by atoms with Gasteiger partial charge in [-0.15, -0.1) is 0 Å². The Bertz CT molecular complexity index is 1050. The third kappa shape index (κ3) is 3.54. The molecule has 0 radical (unpaired) electrons. The molecule has 8 heteroatoms. The van der Waals surface area contributed by atoms with Crippen LogP contribution < -0.4 is 10.2 Å². The lowest BCUT2D eigenvalue weighted by molar-refractivity contribution is -0.124. The van der Waals surface area contributed by atoms with Crippen LogP contribution in [0.4, 0.5) is 5.69 Å². The normalized spacial score (nSPS) is 19.8. The number of anilines is 1. The quantitative estimate of drug-likeness (QED) is 0.826. The first-order chi connectivity index (χ1) is 13.9. The number of fused-ring (bicyclic) bond motifs is 1. The van der Waals surface area contributed by atoms with Crippen molar-refractivity contribution in [1.29, 1.82) is 0 Å². The summed E-state index contributed by atoms with van der Waals surface area (Å²) in [5.41, 5.74) is 2.57. The second kappa shape index (κ2) is 7.61. The number of carbonyl (C=O) groups is 2. The summed E-state index contributed by atoms with van der Waals surface area (Å²) in [6.45, 7) is 0.787. The molecule has 7 nitrogen and oxygen atoms in total. The van der Waals surface area contributed by atoms with E-state index in [-0.39, 0.29) is 23.3 Å². The highest BCUT2D eigenvalue weighted by atomic mass is 32.2. The molecule has 0 saturated carbocycles. The molecule has 1 saturated heterocycles. The number of rotatable bonds is 4. The number of hydrogen-bond donors (Lipinski definition) is 1. The fourth-order valence-electron chi connectivity index (χ4n) is 4.00. The smallest absolute Gasteiger partial charge is 0.244 e. The molecule has 4 rings (SSSR count). The Morgan fingerprint density at radius 2 is 1.76 bits per heavy atom. The summed E-state index contributed by atoms with van der Waals surface area (Å²) < 4.78 is 28.0. The molecule has 0 aliphatic carbocycles. The van der Waals surface area contributed by atoms with Crippen LogP contribution in [0.3, 0.4) is 0 Å². The van der Waals surface area contributed by atoms with Gasteiger partial charge < -0.3 is 10.2 Å². The standard InChI is InChI=1S/C21H23N3O4S/c1-22-21(26)19-13-15-5-2-3-6-16(15)14-24(19)29(27,28)18-10-8-17(9-11-18)23-12-4-7-20(23)25/h2-3,5-6,8-11,19H,4,7,12-14H2,1H3,(H,22,26)/t19-/m1/s1. The molecule has 0 spiro atoms. The van der Waals surface area contributed by atoms with Crippen molar-refractivity contribution in [2.24, 2.45) is 0 Å².